The van der Waals surface area contributed by atoms with Gasteiger partial charge in [0.15, 0.2) is 5.65 Å². The molecule has 0 bridgehead atoms. The highest BCUT2D eigenvalue weighted by Gasteiger charge is 2.19. The van der Waals surface area contributed by atoms with Crippen LogP contribution in [0.15, 0.2) is 35.3 Å². The van der Waals surface area contributed by atoms with Gasteiger partial charge in [-0.3, -0.25) is 4.79 Å². The Morgan fingerprint density at radius 1 is 1.30 bits per heavy atom. The predicted octanol–water partition coefficient (Wildman–Crippen LogP) is 2.69. The molecule has 3 aromatic rings. The second-order valence-electron chi connectivity index (χ2n) is 5.53. The molecule has 0 amide bonds. The van der Waals surface area contributed by atoms with Gasteiger partial charge in [0, 0.05) is 5.56 Å². The molecule has 0 saturated heterocycles. The van der Waals surface area contributed by atoms with Crippen molar-refractivity contribution in [2.24, 2.45) is 0 Å². The Morgan fingerprint density at radius 2 is 2.00 bits per heavy atom. The van der Waals surface area contributed by atoms with Crippen LogP contribution in [0.1, 0.15) is 30.9 Å². The zero-order valence-electron chi connectivity index (χ0n) is 13.1. The van der Waals surface area contributed by atoms with Gasteiger partial charge in [0.05, 0.1) is 19.0 Å². The molecule has 23 heavy (non-hydrogen) atoms. The number of aromatic nitrogens is 3. The van der Waals surface area contributed by atoms with Crippen molar-refractivity contribution in [3.05, 3.63) is 51.9 Å². The molecule has 1 aromatic carbocycles. The number of methoxy groups -OCH3 is 1. The first-order valence-corrected chi connectivity index (χ1v) is 7.25. The number of H-pyrrole nitrogens is 1. The molecule has 1 N–H and O–H groups in total. The number of nitriles is 1. The van der Waals surface area contributed by atoms with Crippen LogP contribution < -0.4 is 10.3 Å². The van der Waals surface area contributed by atoms with Crippen molar-refractivity contribution in [1.82, 2.24) is 14.6 Å². The minimum Gasteiger partial charge on any atom is -0.497 e. The second-order valence-corrected chi connectivity index (χ2v) is 5.53. The van der Waals surface area contributed by atoms with E-state index < -0.39 is 0 Å². The van der Waals surface area contributed by atoms with Crippen LogP contribution in [0.5, 0.6) is 5.75 Å². The normalized spacial score (nSPS) is 10.9. The Morgan fingerprint density at radius 3 is 2.57 bits per heavy atom. The third-order valence-electron chi connectivity index (χ3n) is 3.78. The van der Waals surface area contributed by atoms with E-state index in [2.05, 4.69) is 10.1 Å². The Balaban J connectivity index is 2.35. The van der Waals surface area contributed by atoms with Crippen molar-refractivity contribution >= 4 is 5.65 Å². The lowest BCUT2D eigenvalue weighted by Crippen LogP contribution is -2.22. The van der Waals surface area contributed by atoms with E-state index >= 15 is 0 Å². The first-order valence-electron chi connectivity index (χ1n) is 7.25. The van der Waals surface area contributed by atoms with Gasteiger partial charge in [-0.05, 0) is 35.7 Å². The van der Waals surface area contributed by atoms with E-state index in [1.165, 1.54) is 10.7 Å². The van der Waals surface area contributed by atoms with Crippen molar-refractivity contribution in [3.8, 4) is 23.1 Å². The molecular weight excluding hydrogens is 292 g/mol. The van der Waals surface area contributed by atoms with E-state index in [1.807, 2.05) is 44.2 Å². The van der Waals surface area contributed by atoms with Gasteiger partial charge < -0.3 is 9.72 Å². The number of aromatic amines is 1. The molecule has 0 aliphatic heterocycles. The summed E-state index contributed by atoms with van der Waals surface area (Å²) in [5.41, 5.74) is 2.74. The largest absolute Gasteiger partial charge is 0.497 e. The molecule has 2 heterocycles. The number of rotatable bonds is 3. The van der Waals surface area contributed by atoms with Gasteiger partial charge >= 0.3 is 0 Å². The van der Waals surface area contributed by atoms with Gasteiger partial charge in [0.25, 0.3) is 5.56 Å². The number of hydrogen-bond donors (Lipinski definition) is 1. The van der Waals surface area contributed by atoms with Gasteiger partial charge in [-0.25, -0.2) is 0 Å². The third kappa shape index (κ3) is 2.36. The topological polar surface area (TPSA) is 83.2 Å². The van der Waals surface area contributed by atoms with E-state index in [1.54, 1.807) is 7.11 Å². The molecular formula is C17H16N4O2. The van der Waals surface area contributed by atoms with Gasteiger partial charge in [-0.2, -0.15) is 14.9 Å². The van der Waals surface area contributed by atoms with Crippen LogP contribution in [-0.4, -0.2) is 21.7 Å². The summed E-state index contributed by atoms with van der Waals surface area (Å²) in [6, 6.07) is 9.49. The number of nitrogens with zero attached hydrogens (tertiary/aromatic N) is 3. The number of benzene rings is 1. The summed E-state index contributed by atoms with van der Waals surface area (Å²) >= 11 is 0. The molecule has 0 aliphatic rings. The molecule has 2 aromatic heterocycles. The van der Waals surface area contributed by atoms with Crippen molar-refractivity contribution in [2.75, 3.05) is 7.11 Å². The van der Waals surface area contributed by atoms with Crippen molar-refractivity contribution in [1.29, 1.82) is 5.26 Å². The molecule has 0 saturated carbocycles. The van der Waals surface area contributed by atoms with Crippen LogP contribution in [-0.2, 0) is 0 Å². The minimum absolute atomic E-state index is 0.00925. The lowest BCUT2D eigenvalue weighted by Gasteiger charge is -2.13. The molecule has 0 fully saturated rings. The van der Waals surface area contributed by atoms with Gasteiger partial charge in [0.1, 0.15) is 17.4 Å². The van der Waals surface area contributed by atoms with Crippen molar-refractivity contribution in [3.63, 3.8) is 0 Å². The lowest BCUT2D eigenvalue weighted by atomic mass is 9.98. The van der Waals surface area contributed by atoms with E-state index in [9.17, 15) is 10.1 Å². The number of hydrogen-bond acceptors (Lipinski definition) is 4. The standard InChI is InChI=1S/C17H16N4O2/c1-10(2)14-15(11-4-6-13(23-3)7-5-11)20-16-12(8-18)9-19-21(16)17(14)22/h4-7,9-10,20H,1-3H3. The maximum Gasteiger partial charge on any atom is 0.278 e. The fourth-order valence-corrected chi connectivity index (χ4v) is 2.63. The van der Waals surface area contributed by atoms with Crippen LogP contribution in [0.2, 0.25) is 0 Å². The van der Waals surface area contributed by atoms with Crippen molar-refractivity contribution in [2.45, 2.75) is 19.8 Å². The second kappa shape index (κ2) is 5.61. The van der Waals surface area contributed by atoms with Gasteiger partial charge in [-0.15, -0.1) is 0 Å². The van der Waals surface area contributed by atoms with E-state index in [-0.39, 0.29) is 11.5 Å². The Hall–Kier alpha value is -3.07. The highest BCUT2D eigenvalue weighted by atomic mass is 16.5. The van der Waals surface area contributed by atoms with E-state index in [0.29, 0.717) is 22.5 Å². The molecule has 6 nitrogen and oxygen atoms in total. The summed E-state index contributed by atoms with van der Waals surface area (Å²) < 4.78 is 6.42. The highest BCUT2D eigenvalue weighted by Crippen LogP contribution is 2.27. The Labute approximate surface area is 133 Å². The number of nitrogens with one attached hydrogen (secondary N) is 1. The zero-order chi connectivity index (χ0) is 16.6. The molecule has 116 valence electrons. The van der Waals surface area contributed by atoms with Crippen LogP contribution in [0.3, 0.4) is 0 Å². The quantitative estimate of drug-likeness (QED) is 0.806. The molecule has 0 aliphatic carbocycles. The maximum absolute atomic E-state index is 12.8. The fraction of sp³-hybridized carbons (Fsp3) is 0.235. The maximum atomic E-state index is 12.8. The summed E-state index contributed by atoms with van der Waals surface area (Å²) in [4.78, 5) is 16.0. The smallest absolute Gasteiger partial charge is 0.278 e. The average molecular weight is 308 g/mol. The van der Waals surface area contributed by atoms with Crippen LogP contribution >= 0.6 is 0 Å². The molecule has 0 spiro atoms. The van der Waals surface area contributed by atoms with Crippen LogP contribution in [0.4, 0.5) is 0 Å². The minimum atomic E-state index is -0.207. The fourth-order valence-electron chi connectivity index (χ4n) is 2.63. The molecule has 0 radical (unpaired) electrons. The van der Waals surface area contributed by atoms with Crippen molar-refractivity contribution < 1.29 is 4.74 Å². The highest BCUT2D eigenvalue weighted by molar-refractivity contribution is 5.68. The SMILES string of the molecule is COc1ccc(-c2[nH]c3c(C#N)cnn3c(=O)c2C(C)C)cc1. The van der Waals surface area contributed by atoms with Crippen LogP contribution in [0.25, 0.3) is 16.9 Å². The van der Waals surface area contributed by atoms with E-state index in [4.69, 9.17) is 4.74 Å². The summed E-state index contributed by atoms with van der Waals surface area (Å²) in [6.07, 6.45) is 1.40. The summed E-state index contributed by atoms with van der Waals surface area (Å²) in [6.45, 7) is 3.91. The van der Waals surface area contributed by atoms with Gasteiger partial charge in [0.2, 0.25) is 0 Å². The first kappa shape index (κ1) is 14.9. The molecule has 3 rings (SSSR count). The molecule has 0 atom stereocenters. The Bertz CT molecular complexity index is 959. The van der Waals surface area contributed by atoms with E-state index in [0.717, 1.165) is 11.3 Å². The lowest BCUT2D eigenvalue weighted by molar-refractivity contribution is 0.415. The summed E-state index contributed by atoms with van der Waals surface area (Å²) in [5.74, 6) is 0.750. The predicted molar refractivity (Wildman–Crippen MR) is 86.6 cm³/mol. The number of ether oxygens (including phenoxy) is 1. The summed E-state index contributed by atoms with van der Waals surface area (Å²) in [7, 11) is 1.61. The average Bonchev–Trinajstić information content (AvgIpc) is 2.97. The molecule has 6 heteroatoms. The summed E-state index contributed by atoms with van der Waals surface area (Å²) in [5, 5.41) is 13.2. The first-order chi connectivity index (χ1) is 11.1. The third-order valence-corrected chi connectivity index (χ3v) is 3.78. The van der Waals surface area contributed by atoms with Crippen LogP contribution in [0, 0.1) is 11.3 Å². The monoisotopic (exact) mass is 308 g/mol. The Kier molecular flexibility index (Phi) is 3.62. The van der Waals surface area contributed by atoms with Gasteiger partial charge in [-0.1, -0.05) is 13.8 Å². The molecule has 0 unspecified atom stereocenters. The zero-order valence-corrected chi connectivity index (χ0v) is 13.1. The number of fused-ring (bicyclic) bond motifs is 1.